The third-order valence-corrected chi connectivity index (χ3v) is 3.44. The number of nitroso groups, excluding NO2 is 3. The summed E-state index contributed by atoms with van der Waals surface area (Å²) >= 11 is 0. The van der Waals surface area contributed by atoms with Crippen molar-refractivity contribution in [3.63, 3.8) is 0 Å². The molecule has 0 aromatic heterocycles. The van der Waals surface area contributed by atoms with Crippen LogP contribution in [-0.4, -0.2) is 4.92 Å². The van der Waals surface area contributed by atoms with E-state index in [2.05, 4.69) is 15.5 Å². The molecule has 29 heavy (non-hydrogen) atoms. The highest BCUT2D eigenvalue weighted by Crippen LogP contribution is 2.17. The van der Waals surface area contributed by atoms with E-state index in [9.17, 15) is 24.8 Å². The Morgan fingerprint density at radius 3 is 1.10 bits per heavy atom. The molecule has 0 atom stereocenters. The molecule has 0 aliphatic rings. The molecule has 0 bridgehead atoms. The first kappa shape index (κ1) is 22.9. The van der Waals surface area contributed by atoms with Crippen LogP contribution in [0, 0.1) is 38.7 Å². The van der Waals surface area contributed by atoms with Gasteiger partial charge >= 0.3 is 0 Å². The van der Waals surface area contributed by atoms with Crippen molar-refractivity contribution in [3.05, 3.63) is 109 Å². The topological polar surface area (TPSA) is 131 Å². The van der Waals surface area contributed by atoms with Gasteiger partial charge in [-0.1, -0.05) is 35.4 Å². The van der Waals surface area contributed by atoms with Crippen molar-refractivity contribution < 1.29 is 4.92 Å². The molecule has 3 aromatic rings. The Morgan fingerprint density at radius 1 is 0.586 bits per heavy atom. The molecule has 0 amide bonds. The van der Waals surface area contributed by atoms with Crippen LogP contribution < -0.4 is 0 Å². The van der Waals surface area contributed by atoms with E-state index in [0.717, 1.165) is 11.1 Å². The summed E-state index contributed by atoms with van der Waals surface area (Å²) in [7, 11) is 0. The minimum atomic E-state index is -0.533. The lowest BCUT2D eigenvalue weighted by molar-refractivity contribution is -0.384. The summed E-state index contributed by atoms with van der Waals surface area (Å²) in [5.74, 6) is 0. The van der Waals surface area contributed by atoms with Gasteiger partial charge in [0.25, 0.3) is 5.69 Å². The van der Waals surface area contributed by atoms with Crippen LogP contribution in [0.4, 0.5) is 22.7 Å². The first-order chi connectivity index (χ1) is 13.9. The van der Waals surface area contributed by atoms with Crippen molar-refractivity contribution in [1.82, 2.24) is 0 Å². The number of non-ortho nitro benzene ring substituents is 1. The molecule has 0 heterocycles. The second-order valence-electron chi connectivity index (χ2n) is 5.72. The van der Waals surface area contributed by atoms with Gasteiger partial charge in [-0.05, 0) is 65.8 Å². The van der Waals surface area contributed by atoms with Crippen LogP contribution in [0.3, 0.4) is 0 Å². The lowest BCUT2D eigenvalue weighted by Gasteiger charge is -1.88. The Balaban J connectivity index is 0.000000219. The zero-order valence-electron chi connectivity index (χ0n) is 15.8. The number of nitro groups is 1. The van der Waals surface area contributed by atoms with Crippen LogP contribution in [0.5, 0.6) is 0 Å². The maximum absolute atomic E-state index is 10.1. The first-order valence-electron chi connectivity index (χ1n) is 8.27. The van der Waals surface area contributed by atoms with Crippen LogP contribution in [0.1, 0.15) is 11.1 Å². The fourth-order valence-corrected chi connectivity index (χ4v) is 1.85. The molecule has 9 nitrogen and oxygen atoms in total. The monoisotopic (exact) mass is 394 g/mol. The molecule has 3 aromatic carbocycles. The number of aryl methyl sites for hydroxylation is 2. The third kappa shape index (κ3) is 8.87. The fraction of sp³-hybridized carbons (Fsp3) is 0.100. The number of rotatable bonds is 4. The predicted octanol–water partition coefficient (Wildman–Crippen LogP) is 6.78. The molecule has 0 fully saturated rings. The Kier molecular flexibility index (Phi) is 9.70. The number of hydrogen-bond acceptors (Lipinski definition) is 8. The average Bonchev–Trinajstić information content (AvgIpc) is 2.76. The Labute approximate surface area is 166 Å². The zero-order chi connectivity index (χ0) is 21.6. The molecule has 9 heteroatoms. The highest BCUT2D eigenvalue weighted by atomic mass is 16.6. The predicted molar refractivity (Wildman–Crippen MR) is 112 cm³/mol. The minimum Gasteiger partial charge on any atom is -0.258 e. The van der Waals surface area contributed by atoms with E-state index in [4.69, 9.17) is 0 Å². The van der Waals surface area contributed by atoms with E-state index in [1.807, 2.05) is 38.1 Å². The lowest BCUT2D eigenvalue weighted by Crippen LogP contribution is -1.85. The van der Waals surface area contributed by atoms with Crippen molar-refractivity contribution in [2.24, 2.45) is 15.5 Å². The standard InChI is InChI=1S/2C7H7NO.C6H4N2O3/c2*1-6-2-4-7(8-9)5-3-6;9-7-5-1-3-6(4-2-5)8(10)11/h2*2-5H,1H3;1-4H. The maximum Gasteiger partial charge on any atom is 0.269 e. The van der Waals surface area contributed by atoms with Crippen molar-refractivity contribution in [2.45, 2.75) is 13.8 Å². The van der Waals surface area contributed by atoms with Gasteiger partial charge in [0.05, 0.1) is 4.92 Å². The smallest absolute Gasteiger partial charge is 0.258 e. The van der Waals surface area contributed by atoms with E-state index in [1.165, 1.54) is 24.3 Å². The van der Waals surface area contributed by atoms with E-state index in [1.54, 1.807) is 24.3 Å². The molecule has 0 aliphatic carbocycles. The van der Waals surface area contributed by atoms with Gasteiger partial charge in [0.15, 0.2) is 0 Å². The Bertz CT molecular complexity index is 891. The second kappa shape index (κ2) is 12.3. The first-order valence-corrected chi connectivity index (χ1v) is 8.27. The van der Waals surface area contributed by atoms with Crippen molar-refractivity contribution in [2.75, 3.05) is 0 Å². The molecule has 148 valence electrons. The van der Waals surface area contributed by atoms with Crippen LogP contribution >= 0.6 is 0 Å². The highest BCUT2D eigenvalue weighted by molar-refractivity contribution is 5.43. The molecular formula is C20H18N4O5. The minimum absolute atomic E-state index is 0.0441. The van der Waals surface area contributed by atoms with Gasteiger partial charge in [0, 0.05) is 12.1 Å². The summed E-state index contributed by atoms with van der Waals surface area (Å²) in [5, 5.41) is 18.2. The number of benzene rings is 3. The van der Waals surface area contributed by atoms with Crippen LogP contribution in [0.25, 0.3) is 0 Å². The molecule has 0 unspecified atom stereocenters. The van der Waals surface area contributed by atoms with E-state index in [-0.39, 0.29) is 11.4 Å². The number of nitro benzene ring substituents is 1. The molecule has 3 rings (SSSR count). The molecule has 0 saturated heterocycles. The number of nitrogens with zero attached hydrogens (tertiary/aromatic N) is 4. The molecule has 0 spiro atoms. The van der Waals surface area contributed by atoms with Gasteiger partial charge in [-0.3, -0.25) is 10.1 Å². The van der Waals surface area contributed by atoms with Gasteiger partial charge < -0.3 is 0 Å². The Morgan fingerprint density at radius 2 is 0.862 bits per heavy atom. The quantitative estimate of drug-likeness (QED) is 0.273. The SMILES string of the molecule is Cc1ccc(N=O)cc1.Cc1ccc(N=O)cc1.O=Nc1ccc([N+](=O)[O-])cc1. The van der Waals surface area contributed by atoms with Crippen molar-refractivity contribution in [3.8, 4) is 0 Å². The van der Waals surface area contributed by atoms with Crippen LogP contribution in [0.15, 0.2) is 88.3 Å². The van der Waals surface area contributed by atoms with Crippen molar-refractivity contribution >= 4 is 22.7 Å². The molecule has 0 aliphatic heterocycles. The van der Waals surface area contributed by atoms with Gasteiger partial charge in [-0.2, -0.15) is 0 Å². The van der Waals surface area contributed by atoms with Gasteiger partial charge in [-0.25, -0.2) is 0 Å². The third-order valence-electron chi connectivity index (χ3n) is 3.44. The second-order valence-corrected chi connectivity index (χ2v) is 5.72. The summed E-state index contributed by atoms with van der Waals surface area (Å²) in [5.41, 5.74) is 3.40. The van der Waals surface area contributed by atoms with E-state index < -0.39 is 4.92 Å². The Hall–Kier alpha value is -4.14. The largest absolute Gasteiger partial charge is 0.269 e. The van der Waals surface area contributed by atoms with Gasteiger partial charge in [-0.15, -0.1) is 14.7 Å². The van der Waals surface area contributed by atoms with E-state index >= 15 is 0 Å². The molecule has 0 saturated carbocycles. The maximum atomic E-state index is 10.1. The molecule has 0 N–H and O–H groups in total. The summed E-state index contributed by atoms with van der Waals surface area (Å²) in [6.45, 7) is 3.93. The summed E-state index contributed by atoms with van der Waals surface area (Å²) in [6.07, 6.45) is 0. The van der Waals surface area contributed by atoms with Gasteiger partial charge in [0.2, 0.25) is 0 Å². The van der Waals surface area contributed by atoms with Crippen LogP contribution in [0.2, 0.25) is 0 Å². The molecule has 0 radical (unpaired) electrons. The highest BCUT2D eigenvalue weighted by Gasteiger charge is 2.02. The summed E-state index contributed by atoms with van der Waals surface area (Å²) in [4.78, 5) is 39.2. The van der Waals surface area contributed by atoms with Crippen LogP contribution in [-0.2, 0) is 0 Å². The zero-order valence-corrected chi connectivity index (χ0v) is 15.8. The van der Waals surface area contributed by atoms with E-state index in [0.29, 0.717) is 11.4 Å². The van der Waals surface area contributed by atoms with Gasteiger partial charge in [0.1, 0.15) is 17.1 Å². The lowest BCUT2D eigenvalue weighted by atomic mass is 10.2. The summed E-state index contributed by atoms with van der Waals surface area (Å²) < 4.78 is 0. The average molecular weight is 394 g/mol. The van der Waals surface area contributed by atoms with Crippen molar-refractivity contribution in [1.29, 1.82) is 0 Å². The number of hydrogen-bond donors (Lipinski definition) is 0. The summed E-state index contributed by atoms with van der Waals surface area (Å²) in [6, 6.07) is 19.3. The fourth-order valence-electron chi connectivity index (χ4n) is 1.85. The normalized spacial score (nSPS) is 9.03. The molecular weight excluding hydrogens is 376 g/mol.